The molecule has 1 saturated carbocycles. The Kier molecular flexibility index (Phi) is 3.50. The van der Waals surface area contributed by atoms with E-state index >= 15 is 0 Å². The minimum absolute atomic E-state index is 0.113. The lowest BCUT2D eigenvalue weighted by atomic mass is 9.64. The zero-order valence-corrected chi connectivity index (χ0v) is 9.93. The number of hydrogen-bond donors (Lipinski definition) is 2. The molecule has 2 atom stereocenters. The fourth-order valence-electron chi connectivity index (χ4n) is 3.72. The average Bonchev–Trinajstić information content (AvgIpc) is 2.18. The summed E-state index contributed by atoms with van der Waals surface area (Å²) < 4.78 is 0. The normalized spacial score (nSPS) is 39.6. The second-order valence-electron chi connectivity index (χ2n) is 5.49. The Morgan fingerprint density at radius 3 is 2.38 bits per heavy atom. The van der Waals surface area contributed by atoms with Crippen molar-refractivity contribution in [2.45, 2.75) is 19.3 Å². The number of carboxylic acid groups (broad SMARTS) is 1. The lowest BCUT2D eigenvalue weighted by Gasteiger charge is -2.48. The molecule has 1 aliphatic heterocycles. The van der Waals surface area contributed by atoms with Crippen molar-refractivity contribution in [2.75, 3.05) is 26.7 Å². The molecular weight excluding hydrogens is 204 g/mol. The summed E-state index contributed by atoms with van der Waals surface area (Å²) in [7, 11) is 2.14. The summed E-state index contributed by atoms with van der Waals surface area (Å²) in [5, 5.41) is 9.14. The molecule has 2 rings (SSSR count). The minimum Gasteiger partial charge on any atom is -0.481 e. The summed E-state index contributed by atoms with van der Waals surface area (Å²) >= 11 is 0. The van der Waals surface area contributed by atoms with Crippen molar-refractivity contribution < 1.29 is 9.90 Å². The fourth-order valence-corrected chi connectivity index (χ4v) is 3.72. The number of nitrogens with zero attached hydrogens (tertiary/aromatic N) is 1. The van der Waals surface area contributed by atoms with E-state index < -0.39 is 5.97 Å². The van der Waals surface area contributed by atoms with Gasteiger partial charge in [0.15, 0.2) is 0 Å². The average molecular weight is 226 g/mol. The summed E-state index contributed by atoms with van der Waals surface area (Å²) in [6.07, 6.45) is 2.76. The monoisotopic (exact) mass is 226 g/mol. The van der Waals surface area contributed by atoms with Crippen molar-refractivity contribution >= 4 is 5.97 Å². The van der Waals surface area contributed by atoms with Crippen LogP contribution in [0.25, 0.3) is 0 Å². The van der Waals surface area contributed by atoms with Gasteiger partial charge >= 0.3 is 5.97 Å². The summed E-state index contributed by atoms with van der Waals surface area (Å²) in [6.45, 7) is 2.83. The first kappa shape index (κ1) is 11.9. The Morgan fingerprint density at radius 2 is 1.94 bits per heavy atom. The molecule has 4 nitrogen and oxygen atoms in total. The van der Waals surface area contributed by atoms with Crippen molar-refractivity contribution in [1.82, 2.24) is 4.90 Å². The first-order chi connectivity index (χ1) is 7.61. The highest BCUT2D eigenvalue weighted by Gasteiger charge is 2.43. The van der Waals surface area contributed by atoms with Crippen molar-refractivity contribution in [3.05, 3.63) is 0 Å². The molecule has 0 aromatic rings. The standard InChI is InChI=1S/C12H22N2O2/c1-14-6-9-4-8(12(15)16)5-10(7-14)11(9)2-3-13/h8-11H,2-7,13H2,1H3,(H,15,16). The molecule has 4 heteroatoms. The van der Waals surface area contributed by atoms with Crippen LogP contribution < -0.4 is 5.73 Å². The van der Waals surface area contributed by atoms with E-state index in [2.05, 4.69) is 11.9 Å². The van der Waals surface area contributed by atoms with Gasteiger partial charge in [0.2, 0.25) is 0 Å². The predicted molar refractivity (Wildman–Crippen MR) is 62.0 cm³/mol. The van der Waals surface area contributed by atoms with Crippen molar-refractivity contribution in [3.63, 3.8) is 0 Å². The van der Waals surface area contributed by atoms with Crippen LogP contribution in [0.1, 0.15) is 19.3 Å². The summed E-state index contributed by atoms with van der Waals surface area (Å²) in [4.78, 5) is 13.4. The Bertz CT molecular complexity index is 254. The summed E-state index contributed by atoms with van der Waals surface area (Å²) in [5.41, 5.74) is 5.66. The van der Waals surface area contributed by atoms with E-state index in [1.54, 1.807) is 0 Å². The number of fused-ring (bicyclic) bond motifs is 2. The number of likely N-dealkylation sites (tertiary alicyclic amines) is 1. The second kappa shape index (κ2) is 4.72. The molecule has 16 heavy (non-hydrogen) atoms. The minimum atomic E-state index is -0.606. The van der Waals surface area contributed by atoms with E-state index in [1.165, 1.54) is 0 Å². The molecule has 2 fully saturated rings. The maximum atomic E-state index is 11.1. The van der Waals surface area contributed by atoms with Crippen LogP contribution in [0.5, 0.6) is 0 Å². The number of aliphatic carboxylic acids is 1. The first-order valence-corrected chi connectivity index (χ1v) is 6.23. The lowest BCUT2D eigenvalue weighted by Crippen LogP contribution is -2.50. The number of carboxylic acids is 1. The largest absolute Gasteiger partial charge is 0.481 e. The van der Waals surface area contributed by atoms with Crippen LogP contribution in [0.3, 0.4) is 0 Å². The van der Waals surface area contributed by atoms with E-state index in [0.29, 0.717) is 17.8 Å². The van der Waals surface area contributed by atoms with Crippen LogP contribution in [0.2, 0.25) is 0 Å². The zero-order valence-electron chi connectivity index (χ0n) is 9.93. The van der Waals surface area contributed by atoms with E-state index in [1.807, 2.05) is 0 Å². The van der Waals surface area contributed by atoms with Gasteiger partial charge in [-0.15, -0.1) is 0 Å². The van der Waals surface area contributed by atoms with E-state index in [9.17, 15) is 4.79 Å². The molecule has 0 aromatic heterocycles. The molecule has 1 saturated heterocycles. The fraction of sp³-hybridized carbons (Fsp3) is 0.917. The van der Waals surface area contributed by atoms with E-state index in [4.69, 9.17) is 10.8 Å². The zero-order chi connectivity index (χ0) is 11.7. The van der Waals surface area contributed by atoms with Gasteiger partial charge in [0.25, 0.3) is 0 Å². The van der Waals surface area contributed by atoms with Gasteiger partial charge in [-0.2, -0.15) is 0 Å². The highest BCUT2D eigenvalue weighted by molar-refractivity contribution is 5.70. The molecule has 1 aliphatic carbocycles. The lowest BCUT2D eigenvalue weighted by molar-refractivity contribution is -0.146. The predicted octanol–water partition coefficient (Wildman–Crippen LogP) is 0.624. The van der Waals surface area contributed by atoms with E-state index in [0.717, 1.165) is 38.9 Å². The quantitative estimate of drug-likeness (QED) is 0.740. The molecule has 2 aliphatic rings. The van der Waals surface area contributed by atoms with Crippen molar-refractivity contribution in [2.24, 2.45) is 29.4 Å². The van der Waals surface area contributed by atoms with Gasteiger partial charge in [0.1, 0.15) is 0 Å². The number of nitrogens with two attached hydrogens (primary N) is 1. The maximum absolute atomic E-state index is 11.1. The summed E-state index contributed by atoms with van der Waals surface area (Å²) in [5.74, 6) is 1.03. The number of piperidine rings is 1. The van der Waals surface area contributed by atoms with Crippen LogP contribution >= 0.6 is 0 Å². The van der Waals surface area contributed by atoms with Crippen LogP contribution in [0.15, 0.2) is 0 Å². The van der Waals surface area contributed by atoms with Crippen LogP contribution in [-0.2, 0) is 4.79 Å². The number of hydrogen-bond acceptors (Lipinski definition) is 3. The Labute approximate surface area is 96.8 Å². The third-order valence-corrected chi connectivity index (χ3v) is 4.33. The number of carbonyl (C=O) groups is 1. The molecule has 0 spiro atoms. The molecule has 2 bridgehead atoms. The maximum Gasteiger partial charge on any atom is 0.306 e. The van der Waals surface area contributed by atoms with Gasteiger partial charge in [-0.3, -0.25) is 4.79 Å². The SMILES string of the molecule is CN1CC2CC(C(=O)O)CC(C1)C2CCN. The third-order valence-electron chi connectivity index (χ3n) is 4.33. The second-order valence-corrected chi connectivity index (χ2v) is 5.49. The smallest absolute Gasteiger partial charge is 0.306 e. The molecule has 1 heterocycles. The van der Waals surface area contributed by atoms with Gasteiger partial charge in [-0.05, 0) is 50.6 Å². The van der Waals surface area contributed by atoms with Crippen LogP contribution in [0, 0.1) is 23.7 Å². The number of rotatable bonds is 3. The molecular formula is C12H22N2O2. The van der Waals surface area contributed by atoms with Crippen LogP contribution in [0.4, 0.5) is 0 Å². The molecule has 0 aromatic carbocycles. The molecule has 2 unspecified atom stereocenters. The van der Waals surface area contributed by atoms with Gasteiger partial charge in [0, 0.05) is 13.1 Å². The Hall–Kier alpha value is -0.610. The highest BCUT2D eigenvalue weighted by Crippen LogP contribution is 2.43. The van der Waals surface area contributed by atoms with Gasteiger partial charge < -0.3 is 15.7 Å². The van der Waals surface area contributed by atoms with Gasteiger partial charge in [-0.1, -0.05) is 0 Å². The van der Waals surface area contributed by atoms with Gasteiger partial charge in [-0.25, -0.2) is 0 Å². The van der Waals surface area contributed by atoms with E-state index in [-0.39, 0.29) is 5.92 Å². The first-order valence-electron chi connectivity index (χ1n) is 6.23. The molecule has 0 radical (unpaired) electrons. The summed E-state index contributed by atoms with van der Waals surface area (Å²) in [6, 6.07) is 0. The molecule has 92 valence electrons. The topological polar surface area (TPSA) is 66.6 Å². The highest BCUT2D eigenvalue weighted by atomic mass is 16.4. The van der Waals surface area contributed by atoms with Gasteiger partial charge in [0.05, 0.1) is 5.92 Å². The van der Waals surface area contributed by atoms with Crippen molar-refractivity contribution in [1.29, 1.82) is 0 Å². The Morgan fingerprint density at radius 1 is 1.38 bits per heavy atom. The Balaban J connectivity index is 2.08. The van der Waals surface area contributed by atoms with Crippen molar-refractivity contribution in [3.8, 4) is 0 Å². The molecule has 3 N–H and O–H groups in total. The third kappa shape index (κ3) is 2.23. The van der Waals surface area contributed by atoms with Crippen LogP contribution in [-0.4, -0.2) is 42.7 Å². The molecule has 0 amide bonds.